The molecular weight excluding hydrogens is 180 g/mol. The Morgan fingerprint density at radius 3 is 3.00 bits per heavy atom. The quantitative estimate of drug-likeness (QED) is 0.537. The van der Waals surface area contributed by atoms with Crippen LogP contribution in [0.3, 0.4) is 0 Å². The lowest BCUT2D eigenvalue weighted by Crippen LogP contribution is -2.09. The number of methoxy groups -OCH3 is 1. The smallest absolute Gasteiger partial charge is 0.333 e. The minimum atomic E-state index is -0.286. The van der Waals surface area contributed by atoms with E-state index in [0.29, 0.717) is 12.0 Å². The fourth-order valence-corrected chi connectivity index (χ4v) is 1.56. The van der Waals surface area contributed by atoms with Crippen LogP contribution >= 0.6 is 0 Å². The van der Waals surface area contributed by atoms with Crippen LogP contribution in [0.25, 0.3) is 0 Å². The summed E-state index contributed by atoms with van der Waals surface area (Å²) in [6.07, 6.45) is 5.40. The van der Waals surface area contributed by atoms with Gasteiger partial charge in [0, 0.05) is 11.5 Å². The van der Waals surface area contributed by atoms with Crippen molar-refractivity contribution in [2.24, 2.45) is 5.92 Å². The lowest BCUT2D eigenvalue weighted by molar-refractivity contribution is -0.136. The molecule has 0 spiro atoms. The third-order valence-corrected chi connectivity index (χ3v) is 2.51. The molecule has 0 amide bonds. The molecule has 0 aromatic rings. The Hall–Kier alpha value is -1.09. The summed E-state index contributed by atoms with van der Waals surface area (Å²) in [5.74, 6) is -0.321. The van der Waals surface area contributed by atoms with Gasteiger partial charge in [-0.3, -0.25) is 0 Å². The highest BCUT2D eigenvalue weighted by Crippen LogP contribution is 2.22. The van der Waals surface area contributed by atoms with Gasteiger partial charge in [0.1, 0.15) is 0 Å². The highest BCUT2D eigenvalue weighted by molar-refractivity contribution is 5.88. The number of esters is 1. The van der Waals surface area contributed by atoms with Gasteiger partial charge in [0.2, 0.25) is 0 Å². The summed E-state index contributed by atoms with van der Waals surface area (Å²) in [6, 6.07) is 0. The molecule has 1 unspecified atom stereocenters. The van der Waals surface area contributed by atoms with Crippen molar-refractivity contribution >= 4 is 5.97 Å². The van der Waals surface area contributed by atoms with Gasteiger partial charge in [-0.2, -0.15) is 0 Å². The molecule has 0 saturated carbocycles. The van der Waals surface area contributed by atoms with Gasteiger partial charge in [0.05, 0.1) is 13.7 Å². The molecular formula is C11H16O3. The molecule has 0 radical (unpaired) electrons. The Labute approximate surface area is 84.1 Å². The second-order valence-corrected chi connectivity index (χ2v) is 3.46. The molecule has 1 aliphatic carbocycles. The third kappa shape index (κ3) is 2.45. The molecule has 0 bridgehead atoms. The Bertz CT molecular complexity index is 276. The number of carbonyl (C=O) groups excluding carboxylic acids is 1. The van der Waals surface area contributed by atoms with Crippen LogP contribution in [0.15, 0.2) is 23.3 Å². The predicted octanol–water partition coefficient (Wildman–Crippen LogP) is 1.43. The molecule has 0 heterocycles. The van der Waals surface area contributed by atoms with Gasteiger partial charge in [0.15, 0.2) is 0 Å². The monoisotopic (exact) mass is 196 g/mol. The second kappa shape index (κ2) is 4.96. The fraction of sp³-hybridized carbons (Fsp3) is 0.545. The molecule has 14 heavy (non-hydrogen) atoms. The Balaban J connectivity index is 2.85. The van der Waals surface area contributed by atoms with Gasteiger partial charge in [0.25, 0.3) is 0 Å². The second-order valence-electron chi connectivity index (χ2n) is 3.46. The van der Waals surface area contributed by atoms with Crippen molar-refractivity contribution in [3.05, 3.63) is 23.3 Å². The van der Waals surface area contributed by atoms with Crippen LogP contribution in [0, 0.1) is 5.92 Å². The number of aliphatic hydroxyl groups excluding tert-OH is 1. The summed E-state index contributed by atoms with van der Waals surface area (Å²) in [7, 11) is 1.38. The molecule has 0 aromatic heterocycles. The summed E-state index contributed by atoms with van der Waals surface area (Å²) in [5, 5.41) is 9.12. The van der Waals surface area contributed by atoms with Crippen molar-refractivity contribution in [1.82, 2.24) is 0 Å². The van der Waals surface area contributed by atoms with Crippen LogP contribution in [0.5, 0.6) is 0 Å². The van der Waals surface area contributed by atoms with Gasteiger partial charge in [-0.15, -0.1) is 0 Å². The highest BCUT2D eigenvalue weighted by atomic mass is 16.5. The molecule has 78 valence electrons. The molecule has 3 heteroatoms. The Morgan fingerprint density at radius 2 is 2.43 bits per heavy atom. The molecule has 0 aliphatic heterocycles. The van der Waals surface area contributed by atoms with Crippen LogP contribution in [0.2, 0.25) is 0 Å². The maximum Gasteiger partial charge on any atom is 0.333 e. The molecule has 1 N–H and O–H groups in total. The zero-order valence-corrected chi connectivity index (χ0v) is 8.62. The van der Waals surface area contributed by atoms with Gasteiger partial charge in [-0.1, -0.05) is 17.7 Å². The normalized spacial score (nSPS) is 22.1. The standard InChI is InChI=1S/C11H16O3/c1-8-4-3-5-9(11(13)14-2)6-10(8)7-12/h4,6,10,12H,3,5,7H2,1-2H3. The van der Waals surface area contributed by atoms with E-state index in [4.69, 9.17) is 5.11 Å². The van der Waals surface area contributed by atoms with Crippen molar-refractivity contribution in [3.63, 3.8) is 0 Å². The van der Waals surface area contributed by atoms with Crippen LogP contribution < -0.4 is 0 Å². The molecule has 0 fully saturated rings. The molecule has 1 aliphatic rings. The Kier molecular flexibility index (Phi) is 3.89. The number of rotatable bonds is 2. The lowest BCUT2D eigenvalue weighted by Gasteiger charge is -2.09. The SMILES string of the molecule is COC(=O)C1=CC(CO)C(C)=CCC1. The summed E-state index contributed by atoms with van der Waals surface area (Å²) in [6.45, 7) is 2.01. The van der Waals surface area contributed by atoms with Gasteiger partial charge in [-0.05, 0) is 19.8 Å². The van der Waals surface area contributed by atoms with E-state index in [-0.39, 0.29) is 18.5 Å². The van der Waals surface area contributed by atoms with E-state index in [9.17, 15) is 4.79 Å². The first-order valence-corrected chi connectivity index (χ1v) is 4.75. The summed E-state index contributed by atoms with van der Waals surface area (Å²) in [4.78, 5) is 11.3. The van der Waals surface area contributed by atoms with Crippen molar-refractivity contribution in [1.29, 1.82) is 0 Å². The largest absolute Gasteiger partial charge is 0.466 e. The van der Waals surface area contributed by atoms with Gasteiger partial charge < -0.3 is 9.84 Å². The predicted molar refractivity (Wildman–Crippen MR) is 53.7 cm³/mol. The van der Waals surface area contributed by atoms with Crippen molar-refractivity contribution < 1.29 is 14.6 Å². The average molecular weight is 196 g/mol. The van der Waals surface area contributed by atoms with E-state index in [2.05, 4.69) is 10.8 Å². The van der Waals surface area contributed by atoms with E-state index in [1.807, 2.05) is 13.0 Å². The number of ether oxygens (including phenoxy) is 1. The van der Waals surface area contributed by atoms with Crippen LogP contribution in [0.1, 0.15) is 19.8 Å². The van der Waals surface area contributed by atoms with E-state index in [1.165, 1.54) is 7.11 Å². The first kappa shape index (κ1) is 11.0. The Morgan fingerprint density at radius 1 is 1.71 bits per heavy atom. The first-order valence-electron chi connectivity index (χ1n) is 4.75. The molecule has 1 rings (SSSR count). The molecule has 0 aromatic carbocycles. The van der Waals surface area contributed by atoms with E-state index in [1.54, 1.807) is 0 Å². The minimum Gasteiger partial charge on any atom is -0.466 e. The number of allylic oxidation sites excluding steroid dienone is 1. The molecule has 3 nitrogen and oxygen atoms in total. The summed E-state index contributed by atoms with van der Waals surface area (Å²) in [5.41, 5.74) is 1.78. The first-order chi connectivity index (χ1) is 6.69. The highest BCUT2D eigenvalue weighted by Gasteiger charge is 2.16. The molecule has 0 saturated heterocycles. The zero-order valence-electron chi connectivity index (χ0n) is 8.62. The topological polar surface area (TPSA) is 46.5 Å². The summed E-state index contributed by atoms with van der Waals surface area (Å²) < 4.78 is 4.66. The van der Waals surface area contributed by atoms with E-state index >= 15 is 0 Å². The van der Waals surface area contributed by atoms with Crippen LogP contribution in [-0.4, -0.2) is 24.8 Å². The number of aliphatic hydroxyl groups is 1. The number of hydrogen-bond acceptors (Lipinski definition) is 3. The van der Waals surface area contributed by atoms with E-state index in [0.717, 1.165) is 12.0 Å². The van der Waals surface area contributed by atoms with Crippen molar-refractivity contribution in [2.75, 3.05) is 13.7 Å². The van der Waals surface area contributed by atoms with Crippen LogP contribution in [-0.2, 0) is 9.53 Å². The average Bonchev–Trinajstić information content (AvgIpc) is 2.39. The van der Waals surface area contributed by atoms with E-state index < -0.39 is 0 Å². The van der Waals surface area contributed by atoms with Gasteiger partial charge in [-0.25, -0.2) is 4.79 Å². The zero-order chi connectivity index (χ0) is 10.6. The summed E-state index contributed by atoms with van der Waals surface area (Å²) >= 11 is 0. The molecule has 1 atom stereocenters. The minimum absolute atomic E-state index is 0.0356. The van der Waals surface area contributed by atoms with Crippen molar-refractivity contribution in [3.8, 4) is 0 Å². The fourth-order valence-electron chi connectivity index (χ4n) is 1.56. The third-order valence-electron chi connectivity index (χ3n) is 2.51. The number of carbonyl (C=O) groups is 1. The number of hydrogen-bond donors (Lipinski definition) is 1. The van der Waals surface area contributed by atoms with Gasteiger partial charge >= 0.3 is 5.97 Å². The van der Waals surface area contributed by atoms with Crippen molar-refractivity contribution in [2.45, 2.75) is 19.8 Å². The maximum atomic E-state index is 11.3. The maximum absolute atomic E-state index is 11.3. The lowest BCUT2D eigenvalue weighted by atomic mass is 10.0. The van der Waals surface area contributed by atoms with Crippen LogP contribution in [0.4, 0.5) is 0 Å².